The third-order valence-corrected chi connectivity index (χ3v) is 3.57. The van der Waals surface area contributed by atoms with Crippen molar-refractivity contribution in [2.45, 2.75) is 45.2 Å². The van der Waals surface area contributed by atoms with Crippen molar-refractivity contribution in [2.24, 2.45) is 0 Å². The lowest BCUT2D eigenvalue weighted by atomic mass is 9.99. The average molecular weight is 241 g/mol. The number of nitrogens with zero attached hydrogens (tertiary/aromatic N) is 2. The Hall–Kier alpha value is -0.610. The van der Waals surface area contributed by atoms with E-state index >= 15 is 0 Å². The number of amides is 1. The van der Waals surface area contributed by atoms with Crippen molar-refractivity contribution in [3.05, 3.63) is 0 Å². The van der Waals surface area contributed by atoms with E-state index in [0.717, 1.165) is 26.1 Å². The summed E-state index contributed by atoms with van der Waals surface area (Å²) < 4.78 is 0. The summed E-state index contributed by atoms with van der Waals surface area (Å²) in [5.74, 6) is 0.228. The van der Waals surface area contributed by atoms with E-state index in [1.54, 1.807) is 0 Å². The maximum Gasteiger partial charge on any atom is 0.242 e. The summed E-state index contributed by atoms with van der Waals surface area (Å²) >= 11 is 0. The van der Waals surface area contributed by atoms with Gasteiger partial charge in [-0.15, -0.1) is 0 Å². The fraction of sp³-hybridized carbons (Fsp3) is 0.923. The normalized spacial score (nSPS) is 22.0. The van der Waals surface area contributed by atoms with Crippen LogP contribution in [0, 0.1) is 0 Å². The number of hydrogen-bond acceptors (Lipinski definition) is 3. The van der Waals surface area contributed by atoms with Crippen molar-refractivity contribution in [3.8, 4) is 0 Å². The predicted octanol–water partition coefficient (Wildman–Crippen LogP) is 0.927. The zero-order valence-electron chi connectivity index (χ0n) is 11.9. The molecule has 1 aliphatic heterocycles. The molecule has 0 saturated carbocycles. The molecule has 0 aromatic carbocycles. The van der Waals surface area contributed by atoms with Crippen LogP contribution in [0.4, 0.5) is 0 Å². The van der Waals surface area contributed by atoms with Crippen LogP contribution in [-0.4, -0.2) is 61.0 Å². The minimum Gasteiger partial charge on any atom is -0.340 e. The van der Waals surface area contributed by atoms with E-state index in [1.165, 1.54) is 6.42 Å². The van der Waals surface area contributed by atoms with Crippen LogP contribution in [0.2, 0.25) is 0 Å². The molecule has 1 heterocycles. The number of likely N-dealkylation sites (N-methyl/N-ethyl adjacent to an activating group) is 2. The molecule has 4 heteroatoms. The molecular formula is C13H27N3O. The number of likely N-dealkylation sites (tertiary alicyclic amines) is 1. The summed E-state index contributed by atoms with van der Waals surface area (Å²) in [4.78, 5) is 16.7. The van der Waals surface area contributed by atoms with E-state index in [2.05, 4.69) is 24.3 Å². The molecule has 1 amide bonds. The van der Waals surface area contributed by atoms with Gasteiger partial charge >= 0.3 is 0 Å². The van der Waals surface area contributed by atoms with Gasteiger partial charge in [-0.1, -0.05) is 6.92 Å². The van der Waals surface area contributed by atoms with Crippen molar-refractivity contribution in [1.29, 1.82) is 0 Å². The molecule has 1 aliphatic rings. The highest BCUT2D eigenvalue weighted by molar-refractivity contribution is 5.85. The summed E-state index contributed by atoms with van der Waals surface area (Å²) in [5, 5.41) is 3.26. The van der Waals surface area contributed by atoms with E-state index in [0.29, 0.717) is 6.04 Å². The van der Waals surface area contributed by atoms with Gasteiger partial charge in [0.25, 0.3) is 0 Å². The molecule has 1 unspecified atom stereocenters. The zero-order chi connectivity index (χ0) is 13.1. The molecule has 0 bridgehead atoms. The molecule has 1 N–H and O–H groups in total. The highest BCUT2D eigenvalue weighted by Crippen LogP contribution is 2.17. The van der Waals surface area contributed by atoms with Gasteiger partial charge < -0.3 is 15.1 Å². The summed E-state index contributed by atoms with van der Waals surface area (Å²) in [6, 6.07) is 0.505. The van der Waals surface area contributed by atoms with Crippen LogP contribution in [0.5, 0.6) is 0 Å². The SMILES string of the molecule is CCNC(C)(C)C(=O)N1CCCC(N(C)C)C1. The first-order valence-electron chi connectivity index (χ1n) is 6.59. The number of nitrogens with one attached hydrogen (secondary N) is 1. The minimum atomic E-state index is -0.442. The molecule has 1 atom stereocenters. The Kier molecular flexibility index (Phi) is 4.95. The number of piperidine rings is 1. The van der Waals surface area contributed by atoms with Gasteiger partial charge in [0, 0.05) is 19.1 Å². The van der Waals surface area contributed by atoms with Crippen LogP contribution < -0.4 is 5.32 Å². The lowest BCUT2D eigenvalue weighted by molar-refractivity contribution is -0.139. The van der Waals surface area contributed by atoms with Gasteiger partial charge in [-0.05, 0) is 47.3 Å². The van der Waals surface area contributed by atoms with Gasteiger partial charge in [0.1, 0.15) is 0 Å². The van der Waals surface area contributed by atoms with E-state index in [9.17, 15) is 4.79 Å². The largest absolute Gasteiger partial charge is 0.340 e. The van der Waals surface area contributed by atoms with Crippen molar-refractivity contribution >= 4 is 5.91 Å². The van der Waals surface area contributed by atoms with Gasteiger partial charge in [0.2, 0.25) is 5.91 Å². The molecule has 0 aromatic heterocycles. The quantitative estimate of drug-likeness (QED) is 0.795. The van der Waals surface area contributed by atoms with E-state index in [1.807, 2.05) is 25.7 Å². The summed E-state index contributed by atoms with van der Waals surface area (Å²) in [7, 11) is 4.18. The first-order valence-corrected chi connectivity index (χ1v) is 6.59. The van der Waals surface area contributed by atoms with Crippen LogP contribution in [0.1, 0.15) is 33.6 Å². The molecule has 1 fully saturated rings. The maximum atomic E-state index is 12.4. The highest BCUT2D eigenvalue weighted by Gasteiger charge is 2.34. The number of carbonyl (C=O) groups is 1. The Labute approximate surface area is 105 Å². The smallest absolute Gasteiger partial charge is 0.242 e. The third-order valence-electron chi connectivity index (χ3n) is 3.57. The van der Waals surface area contributed by atoms with Crippen LogP contribution in [-0.2, 0) is 4.79 Å². The predicted molar refractivity (Wildman–Crippen MR) is 71.0 cm³/mol. The number of hydrogen-bond donors (Lipinski definition) is 1. The second kappa shape index (κ2) is 5.83. The maximum absolute atomic E-state index is 12.4. The van der Waals surface area contributed by atoms with Gasteiger partial charge in [0.05, 0.1) is 5.54 Å². The van der Waals surface area contributed by atoms with Crippen LogP contribution in [0.25, 0.3) is 0 Å². The summed E-state index contributed by atoms with van der Waals surface area (Å²) in [5.41, 5.74) is -0.442. The summed E-state index contributed by atoms with van der Waals surface area (Å²) in [6.07, 6.45) is 2.30. The molecular weight excluding hydrogens is 214 g/mol. The Bertz CT molecular complexity index is 263. The Balaban J connectivity index is 2.63. The molecule has 0 spiro atoms. The molecule has 0 radical (unpaired) electrons. The van der Waals surface area contributed by atoms with Crippen LogP contribution in [0.15, 0.2) is 0 Å². The highest BCUT2D eigenvalue weighted by atomic mass is 16.2. The van der Waals surface area contributed by atoms with E-state index in [-0.39, 0.29) is 5.91 Å². The topological polar surface area (TPSA) is 35.6 Å². The molecule has 4 nitrogen and oxygen atoms in total. The number of carbonyl (C=O) groups excluding carboxylic acids is 1. The van der Waals surface area contributed by atoms with Crippen molar-refractivity contribution in [2.75, 3.05) is 33.7 Å². The second-order valence-electron chi connectivity index (χ2n) is 5.67. The minimum absolute atomic E-state index is 0.228. The van der Waals surface area contributed by atoms with Gasteiger partial charge in [-0.3, -0.25) is 4.79 Å². The Morgan fingerprint density at radius 1 is 1.47 bits per heavy atom. The van der Waals surface area contributed by atoms with Crippen molar-refractivity contribution in [3.63, 3.8) is 0 Å². The van der Waals surface area contributed by atoms with Crippen molar-refractivity contribution < 1.29 is 4.79 Å². The Morgan fingerprint density at radius 2 is 2.12 bits per heavy atom. The van der Waals surface area contributed by atoms with Gasteiger partial charge in [-0.2, -0.15) is 0 Å². The first kappa shape index (κ1) is 14.5. The van der Waals surface area contributed by atoms with E-state index in [4.69, 9.17) is 0 Å². The second-order valence-corrected chi connectivity index (χ2v) is 5.67. The molecule has 1 saturated heterocycles. The molecule has 0 aromatic rings. The summed E-state index contributed by atoms with van der Waals surface area (Å²) in [6.45, 7) is 8.56. The molecule has 0 aliphatic carbocycles. The van der Waals surface area contributed by atoms with Crippen LogP contribution in [0.3, 0.4) is 0 Å². The lowest BCUT2D eigenvalue weighted by Crippen LogP contribution is -2.58. The molecule has 17 heavy (non-hydrogen) atoms. The standard InChI is InChI=1S/C13H27N3O/c1-6-14-13(2,3)12(17)16-9-7-8-11(10-16)15(4)5/h11,14H,6-10H2,1-5H3. The van der Waals surface area contributed by atoms with Crippen molar-refractivity contribution in [1.82, 2.24) is 15.1 Å². The third kappa shape index (κ3) is 3.68. The molecule has 100 valence electrons. The monoisotopic (exact) mass is 241 g/mol. The van der Waals surface area contributed by atoms with Gasteiger partial charge in [0.15, 0.2) is 0 Å². The number of rotatable bonds is 4. The van der Waals surface area contributed by atoms with Gasteiger partial charge in [-0.25, -0.2) is 0 Å². The average Bonchev–Trinajstić information content (AvgIpc) is 2.28. The lowest BCUT2D eigenvalue weighted by Gasteiger charge is -2.39. The fourth-order valence-electron chi connectivity index (χ4n) is 2.47. The zero-order valence-corrected chi connectivity index (χ0v) is 11.9. The fourth-order valence-corrected chi connectivity index (χ4v) is 2.47. The molecule has 1 rings (SSSR count). The van der Waals surface area contributed by atoms with Crippen LogP contribution >= 0.6 is 0 Å². The van der Waals surface area contributed by atoms with E-state index < -0.39 is 5.54 Å². The Morgan fingerprint density at radius 3 is 2.65 bits per heavy atom. The first-order chi connectivity index (χ1) is 7.88.